The van der Waals surface area contributed by atoms with Gasteiger partial charge in [-0.05, 0) is 73.6 Å². The number of benzene rings is 2. The van der Waals surface area contributed by atoms with Gasteiger partial charge in [0.25, 0.3) is 5.91 Å². The summed E-state index contributed by atoms with van der Waals surface area (Å²) < 4.78 is 5.84. The van der Waals surface area contributed by atoms with Crippen molar-refractivity contribution in [2.75, 3.05) is 32.8 Å². The highest BCUT2D eigenvalue weighted by atomic mass is 16.5. The largest absolute Gasteiger partial charge is 0.492 e. The number of piperidine rings is 1. The van der Waals surface area contributed by atoms with Crippen molar-refractivity contribution in [2.45, 2.75) is 32.1 Å². The van der Waals surface area contributed by atoms with E-state index in [1.165, 1.54) is 10.9 Å². The van der Waals surface area contributed by atoms with E-state index in [-0.39, 0.29) is 11.8 Å². The highest BCUT2D eigenvalue weighted by Gasteiger charge is 2.24. The van der Waals surface area contributed by atoms with Gasteiger partial charge in [-0.15, -0.1) is 0 Å². The minimum absolute atomic E-state index is 0.0652. The van der Waals surface area contributed by atoms with Crippen LogP contribution in [0.5, 0.6) is 5.75 Å². The third kappa shape index (κ3) is 5.22. The Morgan fingerprint density at radius 2 is 1.91 bits per heavy atom. The van der Waals surface area contributed by atoms with Gasteiger partial charge in [0.1, 0.15) is 12.4 Å². The molecule has 2 aliphatic heterocycles. The SMILES string of the molecule is O=C1CCCN1CCOc1cccc(C(=O)N2CCC(Cc3ccc4ncccc4c3)CC2)c1. The second kappa shape index (κ2) is 10.2. The maximum absolute atomic E-state index is 13.1. The Hall–Kier alpha value is -3.41. The van der Waals surface area contributed by atoms with E-state index in [4.69, 9.17) is 4.74 Å². The first kappa shape index (κ1) is 22.4. The molecule has 2 aliphatic rings. The normalized spacial score (nSPS) is 16.9. The van der Waals surface area contributed by atoms with Crippen LogP contribution in [0.1, 0.15) is 41.6 Å². The molecule has 0 bridgehead atoms. The molecular formula is C28H31N3O3. The lowest BCUT2D eigenvalue weighted by Crippen LogP contribution is -2.38. The fraction of sp³-hybridized carbons (Fsp3) is 0.393. The summed E-state index contributed by atoms with van der Waals surface area (Å²) in [5.41, 5.74) is 3.03. The number of ether oxygens (including phenoxy) is 1. The minimum atomic E-state index is 0.0652. The Bertz CT molecular complexity index is 1170. The van der Waals surface area contributed by atoms with Crippen LogP contribution in [0, 0.1) is 5.92 Å². The van der Waals surface area contributed by atoms with E-state index in [1.807, 2.05) is 46.3 Å². The minimum Gasteiger partial charge on any atom is -0.492 e. The van der Waals surface area contributed by atoms with E-state index >= 15 is 0 Å². The lowest BCUT2D eigenvalue weighted by molar-refractivity contribution is -0.128. The summed E-state index contributed by atoms with van der Waals surface area (Å²) in [6.07, 6.45) is 6.45. The number of fused-ring (bicyclic) bond motifs is 1. The van der Waals surface area contributed by atoms with Crippen molar-refractivity contribution >= 4 is 22.7 Å². The third-order valence-electron chi connectivity index (χ3n) is 6.98. The van der Waals surface area contributed by atoms with E-state index in [0.29, 0.717) is 36.8 Å². The summed E-state index contributed by atoms with van der Waals surface area (Å²) in [5, 5.41) is 1.18. The Balaban J connectivity index is 1.12. The van der Waals surface area contributed by atoms with Crippen LogP contribution in [-0.4, -0.2) is 59.4 Å². The van der Waals surface area contributed by atoms with E-state index in [1.54, 1.807) is 0 Å². The highest BCUT2D eigenvalue weighted by Crippen LogP contribution is 2.25. The lowest BCUT2D eigenvalue weighted by Gasteiger charge is -2.32. The lowest BCUT2D eigenvalue weighted by atomic mass is 9.89. The average molecular weight is 458 g/mol. The molecule has 0 aliphatic carbocycles. The number of likely N-dealkylation sites (tertiary alicyclic amines) is 2. The van der Waals surface area contributed by atoms with Crippen molar-refractivity contribution in [3.05, 3.63) is 71.9 Å². The number of amides is 2. The van der Waals surface area contributed by atoms with E-state index in [0.717, 1.165) is 50.8 Å². The first-order valence-corrected chi connectivity index (χ1v) is 12.3. The molecule has 2 fully saturated rings. The molecule has 1 aromatic heterocycles. The predicted octanol–water partition coefficient (Wildman–Crippen LogP) is 4.33. The standard InChI is InChI=1S/C28H31N3O3/c32-27-7-3-13-30(27)16-17-34-25-6-1-4-24(20-25)28(33)31-14-10-21(11-15-31)18-22-8-9-26-23(19-22)5-2-12-29-26/h1-2,4-6,8-9,12,19-21H,3,7,10-11,13-18H2. The fourth-order valence-corrected chi connectivity index (χ4v) is 5.04. The van der Waals surface area contributed by atoms with Gasteiger partial charge in [0.2, 0.25) is 5.91 Å². The second-order valence-corrected chi connectivity index (χ2v) is 9.33. The molecule has 6 nitrogen and oxygen atoms in total. The third-order valence-corrected chi connectivity index (χ3v) is 6.98. The topological polar surface area (TPSA) is 62.7 Å². The van der Waals surface area contributed by atoms with Crippen molar-refractivity contribution in [2.24, 2.45) is 5.92 Å². The van der Waals surface area contributed by atoms with Gasteiger partial charge in [-0.3, -0.25) is 14.6 Å². The number of nitrogens with zero attached hydrogens (tertiary/aromatic N) is 3. The van der Waals surface area contributed by atoms with Crippen molar-refractivity contribution in [3.8, 4) is 5.75 Å². The van der Waals surface area contributed by atoms with Gasteiger partial charge in [0.05, 0.1) is 12.1 Å². The first-order chi connectivity index (χ1) is 16.7. The van der Waals surface area contributed by atoms with Crippen LogP contribution in [0.25, 0.3) is 10.9 Å². The van der Waals surface area contributed by atoms with Gasteiger partial charge < -0.3 is 14.5 Å². The Morgan fingerprint density at radius 3 is 2.74 bits per heavy atom. The number of carbonyl (C=O) groups is 2. The summed E-state index contributed by atoms with van der Waals surface area (Å²) in [6, 6.07) is 18.0. The Labute approximate surface area is 200 Å². The maximum atomic E-state index is 13.1. The van der Waals surface area contributed by atoms with Gasteiger partial charge >= 0.3 is 0 Å². The number of pyridine rings is 1. The molecule has 0 radical (unpaired) electrons. The van der Waals surface area contributed by atoms with Crippen LogP contribution in [0.3, 0.4) is 0 Å². The highest BCUT2D eigenvalue weighted by molar-refractivity contribution is 5.94. The van der Waals surface area contributed by atoms with Gasteiger partial charge in [0, 0.05) is 43.2 Å². The molecule has 2 saturated heterocycles. The molecule has 2 aromatic carbocycles. The van der Waals surface area contributed by atoms with Gasteiger partial charge in [-0.25, -0.2) is 0 Å². The van der Waals surface area contributed by atoms with Crippen molar-refractivity contribution in [1.82, 2.24) is 14.8 Å². The summed E-state index contributed by atoms with van der Waals surface area (Å²) in [5.74, 6) is 1.53. The Morgan fingerprint density at radius 1 is 1.03 bits per heavy atom. The molecule has 0 saturated carbocycles. The number of carbonyl (C=O) groups excluding carboxylic acids is 2. The zero-order valence-electron chi connectivity index (χ0n) is 19.5. The quantitative estimate of drug-likeness (QED) is 0.530. The molecule has 0 N–H and O–H groups in total. The van der Waals surface area contributed by atoms with E-state index in [9.17, 15) is 9.59 Å². The van der Waals surface area contributed by atoms with Crippen LogP contribution in [0.2, 0.25) is 0 Å². The molecule has 0 atom stereocenters. The second-order valence-electron chi connectivity index (χ2n) is 9.33. The molecule has 3 heterocycles. The summed E-state index contributed by atoms with van der Waals surface area (Å²) in [4.78, 5) is 33.0. The van der Waals surface area contributed by atoms with Crippen molar-refractivity contribution in [1.29, 1.82) is 0 Å². The van der Waals surface area contributed by atoms with Crippen LogP contribution < -0.4 is 4.74 Å². The maximum Gasteiger partial charge on any atom is 0.253 e. The molecule has 6 heteroatoms. The van der Waals surface area contributed by atoms with Gasteiger partial charge in [-0.1, -0.05) is 18.2 Å². The van der Waals surface area contributed by atoms with Crippen molar-refractivity contribution < 1.29 is 14.3 Å². The molecule has 0 unspecified atom stereocenters. The van der Waals surface area contributed by atoms with Crippen LogP contribution >= 0.6 is 0 Å². The smallest absolute Gasteiger partial charge is 0.253 e. The van der Waals surface area contributed by atoms with Gasteiger partial charge in [0.15, 0.2) is 0 Å². The molecule has 2 amide bonds. The molecule has 5 rings (SSSR count). The van der Waals surface area contributed by atoms with Crippen LogP contribution in [-0.2, 0) is 11.2 Å². The molecule has 3 aromatic rings. The molecule has 0 spiro atoms. The van der Waals surface area contributed by atoms with Gasteiger partial charge in [-0.2, -0.15) is 0 Å². The first-order valence-electron chi connectivity index (χ1n) is 12.3. The fourth-order valence-electron chi connectivity index (χ4n) is 5.04. The zero-order chi connectivity index (χ0) is 23.3. The number of aromatic nitrogens is 1. The van der Waals surface area contributed by atoms with Crippen LogP contribution in [0.15, 0.2) is 60.8 Å². The van der Waals surface area contributed by atoms with E-state index < -0.39 is 0 Å². The average Bonchev–Trinajstić information content (AvgIpc) is 3.29. The monoisotopic (exact) mass is 457 g/mol. The summed E-state index contributed by atoms with van der Waals surface area (Å²) >= 11 is 0. The van der Waals surface area contributed by atoms with Crippen LogP contribution in [0.4, 0.5) is 0 Å². The molecular weight excluding hydrogens is 426 g/mol. The summed E-state index contributed by atoms with van der Waals surface area (Å²) in [6.45, 7) is 3.41. The summed E-state index contributed by atoms with van der Waals surface area (Å²) in [7, 11) is 0. The molecule has 34 heavy (non-hydrogen) atoms. The molecule has 176 valence electrons. The van der Waals surface area contributed by atoms with E-state index in [2.05, 4.69) is 29.2 Å². The predicted molar refractivity (Wildman–Crippen MR) is 132 cm³/mol. The Kier molecular flexibility index (Phi) is 6.74. The zero-order valence-corrected chi connectivity index (χ0v) is 19.5. The number of rotatable bonds is 7. The number of hydrogen-bond acceptors (Lipinski definition) is 4. The number of hydrogen-bond donors (Lipinski definition) is 0. The van der Waals surface area contributed by atoms with Crippen molar-refractivity contribution in [3.63, 3.8) is 0 Å².